The molecule has 0 radical (unpaired) electrons. The molecule has 3 aliphatic heterocycles. The molecule has 7 heteroatoms. The summed E-state index contributed by atoms with van der Waals surface area (Å²) in [6.45, 7) is 4.20. The lowest BCUT2D eigenvalue weighted by atomic mass is 9.75. The molecule has 4 rings (SSSR count). The van der Waals surface area contributed by atoms with E-state index in [9.17, 15) is 3.89 Å². The number of hydrogen-bond acceptors (Lipinski definition) is 4. The number of methoxy groups -OCH3 is 1. The highest BCUT2D eigenvalue weighted by Crippen LogP contribution is 2.38. The van der Waals surface area contributed by atoms with Crippen molar-refractivity contribution < 1.29 is 26.1 Å². The van der Waals surface area contributed by atoms with Crippen molar-refractivity contribution in [3.8, 4) is 5.75 Å². The molecule has 1 atom stereocenters. The van der Waals surface area contributed by atoms with E-state index in [1.54, 1.807) is 7.11 Å². The number of halogens is 1. The van der Waals surface area contributed by atoms with E-state index < -0.39 is 10.5 Å². The predicted octanol–water partition coefficient (Wildman–Crippen LogP) is 2.14. The van der Waals surface area contributed by atoms with Crippen molar-refractivity contribution in [2.45, 2.75) is 19.3 Å². The minimum absolute atomic E-state index is 0.894. The lowest BCUT2D eigenvalue weighted by molar-refractivity contribution is -0.929. The van der Waals surface area contributed by atoms with E-state index in [0.717, 1.165) is 17.6 Å². The molecule has 0 amide bonds. The number of fused-ring (bicyclic) bond motifs is 3. The highest BCUT2D eigenvalue weighted by molar-refractivity contribution is 7.80. The molecule has 130 valence electrons. The third kappa shape index (κ3) is 5.75. The molecule has 1 unspecified atom stereocenters. The van der Waals surface area contributed by atoms with E-state index in [2.05, 4.69) is 31.3 Å². The van der Waals surface area contributed by atoms with Gasteiger partial charge in [0.15, 0.2) is 0 Å². The number of nitrogens with zero attached hydrogens (tertiary/aromatic N) is 1. The van der Waals surface area contributed by atoms with Gasteiger partial charge in [0, 0.05) is 18.8 Å². The standard InChI is InChI=1S/C16H24NO.FHO3S/c1-17-9-7-14(8-10-17)15(12-17)11-13-3-5-16(18-2)6-4-13;1-5(2,3)4/h3-6,14-15H,7-12H2,1-2H3;(H,2,3,4)/q+1;/p-1. The molecule has 23 heavy (non-hydrogen) atoms. The van der Waals surface area contributed by atoms with Crippen LogP contribution < -0.4 is 4.74 Å². The summed E-state index contributed by atoms with van der Waals surface area (Å²) in [7, 11) is -1.25. The molecule has 0 spiro atoms. The van der Waals surface area contributed by atoms with Crippen LogP contribution in [-0.2, 0) is 16.9 Å². The van der Waals surface area contributed by atoms with Crippen LogP contribution in [0.1, 0.15) is 18.4 Å². The highest BCUT2D eigenvalue weighted by atomic mass is 32.3. The Morgan fingerprint density at radius 2 is 1.78 bits per heavy atom. The zero-order valence-corrected chi connectivity index (χ0v) is 14.4. The second kappa shape index (κ2) is 7.15. The van der Waals surface area contributed by atoms with Crippen LogP contribution in [0.3, 0.4) is 0 Å². The van der Waals surface area contributed by atoms with Gasteiger partial charge in [0.1, 0.15) is 5.75 Å². The smallest absolute Gasteiger partial charge is 0.255 e. The first kappa shape index (κ1) is 18.2. The predicted molar refractivity (Wildman–Crippen MR) is 84.5 cm³/mol. The topological polar surface area (TPSA) is 66.4 Å². The second-order valence-corrected chi connectivity index (χ2v) is 7.58. The molecular weight excluding hydrogens is 321 g/mol. The third-order valence-corrected chi connectivity index (χ3v) is 5.08. The number of hydrogen-bond donors (Lipinski definition) is 0. The first-order valence-corrected chi connectivity index (χ1v) is 9.11. The van der Waals surface area contributed by atoms with Gasteiger partial charge in [0.25, 0.3) is 10.5 Å². The molecule has 3 aliphatic rings. The SMILES string of the molecule is COc1ccc(CC2C[N+]3(C)CCC2CC3)cc1.O=S(=O)([O-])F. The van der Waals surface area contributed by atoms with Crippen LogP contribution in [0, 0.1) is 11.8 Å². The van der Waals surface area contributed by atoms with E-state index in [1.807, 2.05) is 0 Å². The number of piperidine rings is 3. The number of rotatable bonds is 3. The lowest BCUT2D eigenvalue weighted by Gasteiger charge is -2.50. The van der Waals surface area contributed by atoms with Gasteiger partial charge < -0.3 is 13.8 Å². The second-order valence-electron chi connectivity index (χ2n) is 6.79. The maximum atomic E-state index is 10.1. The number of quaternary nitrogens is 1. The van der Waals surface area contributed by atoms with Gasteiger partial charge in [-0.2, -0.15) is 0 Å². The van der Waals surface area contributed by atoms with Crippen LogP contribution in [0.4, 0.5) is 3.89 Å². The van der Waals surface area contributed by atoms with Gasteiger partial charge in [0.05, 0.1) is 33.8 Å². The largest absolute Gasteiger partial charge is 0.722 e. The molecule has 3 heterocycles. The first-order valence-electron chi connectivity index (χ1n) is 7.80. The summed E-state index contributed by atoms with van der Waals surface area (Å²) in [4.78, 5) is 0. The van der Waals surface area contributed by atoms with E-state index >= 15 is 0 Å². The summed E-state index contributed by atoms with van der Waals surface area (Å²) in [5.74, 6) is 2.84. The molecule has 3 saturated heterocycles. The Morgan fingerprint density at radius 3 is 2.22 bits per heavy atom. The van der Waals surface area contributed by atoms with Crippen molar-refractivity contribution in [2.24, 2.45) is 11.8 Å². The fraction of sp³-hybridized carbons (Fsp3) is 0.625. The van der Waals surface area contributed by atoms with Crippen LogP contribution >= 0.6 is 0 Å². The fourth-order valence-corrected chi connectivity index (χ4v) is 3.88. The molecule has 0 N–H and O–H groups in total. The highest BCUT2D eigenvalue weighted by Gasteiger charge is 2.42. The zero-order chi connectivity index (χ0) is 17.1. The Bertz CT molecular complexity index is 601. The average Bonchev–Trinajstić information content (AvgIpc) is 2.46. The molecule has 1 aromatic carbocycles. The first-order chi connectivity index (χ1) is 10.7. The molecule has 2 bridgehead atoms. The Labute approximate surface area is 137 Å². The van der Waals surface area contributed by atoms with Crippen molar-refractivity contribution in [3.63, 3.8) is 0 Å². The van der Waals surface area contributed by atoms with Gasteiger partial charge in [-0.1, -0.05) is 12.1 Å². The summed E-state index contributed by atoms with van der Waals surface area (Å²) in [5.41, 5.74) is 1.47. The summed E-state index contributed by atoms with van der Waals surface area (Å²) < 4.78 is 41.9. The monoisotopic (exact) mass is 345 g/mol. The summed E-state index contributed by atoms with van der Waals surface area (Å²) >= 11 is 0. The van der Waals surface area contributed by atoms with Gasteiger partial charge >= 0.3 is 0 Å². The number of ether oxygens (including phenoxy) is 1. The van der Waals surface area contributed by atoms with Crippen LogP contribution in [-0.4, -0.2) is 51.2 Å². The van der Waals surface area contributed by atoms with Crippen molar-refractivity contribution in [1.82, 2.24) is 0 Å². The summed E-state index contributed by atoms with van der Waals surface area (Å²) in [5, 5.41) is 0. The molecule has 0 saturated carbocycles. The van der Waals surface area contributed by atoms with E-state index in [-0.39, 0.29) is 0 Å². The normalized spacial score (nSPS) is 29.6. The molecule has 3 fully saturated rings. The minimum atomic E-state index is -5.42. The quantitative estimate of drug-likeness (QED) is 0.478. The summed E-state index contributed by atoms with van der Waals surface area (Å²) in [6.07, 6.45) is 4.14. The van der Waals surface area contributed by atoms with E-state index in [4.69, 9.17) is 17.7 Å². The molecule has 5 nitrogen and oxygen atoms in total. The van der Waals surface area contributed by atoms with Crippen LogP contribution in [0.2, 0.25) is 0 Å². The van der Waals surface area contributed by atoms with Crippen molar-refractivity contribution in [3.05, 3.63) is 29.8 Å². The van der Waals surface area contributed by atoms with E-state index in [0.29, 0.717) is 0 Å². The van der Waals surface area contributed by atoms with Crippen LogP contribution in [0.5, 0.6) is 5.75 Å². The van der Waals surface area contributed by atoms with Gasteiger partial charge in [-0.05, 0) is 30.0 Å². The van der Waals surface area contributed by atoms with Gasteiger partial charge in [-0.25, -0.2) is 8.42 Å². The van der Waals surface area contributed by atoms with Gasteiger partial charge in [0.2, 0.25) is 0 Å². The van der Waals surface area contributed by atoms with E-state index in [1.165, 1.54) is 48.9 Å². The average molecular weight is 345 g/mol. The van der Waals surface area contributed by atoms with Gasteiger partial charge in [-0.3, -0.25) is 0 Å². The Balaban J connectivity index is 0.000000338. The lowest BCUT2D eigenvalue weighted by Crippen LogP contribution is -2.59. The molecule has 0 aliphatic carbocycles. The van der Waals surface area contributed by atoms with Crippen LogP contribution in [0.15, 0.2) is 24.3 Å². The van der Waals surface area contributed by atoms with Crippen molar-refractivity contribution in [2.75, 3.05) is 33.8 Å². The van der Waals surface area contributed by atoms with Crippen molar-refractivity contribution >= 4 is 10.5 Å². The Hall–Kier alpha value is -1.18. The maximum absolute atomic E-state index is 10.1. The van der Waals surface area contributed by atoms with Gasteiger partial charge in [-0.15, -0.1) is 3.89 Å². The third-order valence-electron chi connectivity index (χ3n) is 5.08. The zero-order valence-electron chi connectivity index (χ0n) is 13.6. The van der Waals surface area contributed by atoms with Crippen molar-refractivity contribution in [1.29, 1.82) is 0 Å². The Morgan fingerprint density at radius 1 is 1.26 bits per heavy atom. The Kier molecular flexibility index (Phi) is 5.65. The molecule has 1 aromatic rings. The minimum Gasteiger partial charge on any atom is -0.722 e. The molecular formula is C16H24FNO4S. The fourth-order valence-electron chi connectivity index (χ4n) is 3.88. The summed E-state index contributed by atoms with van der Waals surface area (Å²) in [6, 6.07) is 8.65. The van der Waals surface area contributed by atoms with Crippen LogP contribution in [0.25, 0.3) is 0 Å². The molecule has 0 aromatic heterocycles. The maximum Gasteiger partial charge on any atom is 0.255 e. The number of benzene rings is 1.